The van der Waals surface area contributed by atoms with Crippen LogP contribution >= 0.6 is 0 Å². The molecule has 0 saturated heterocycles. The van der Waals surface area contributed by atoms with Crippen molar-refractivity contribution in [2.45, 2.75) is 20.0 Å². The van der Waals surface area contributed by atoms with Crippen molar-refractivity contribution in [1.29, 1.82) is 0 Å². The van der Waals surface area contributed by atoms with Crippen LogP contribution in [-0.2, 0) is 14.3 Å². The molecule has 0 aromatic heterocycles. The summed E-state index contributed by atoms with van der Waals surface area (Å²) in [6.07, 6.45) is -0.330. The first-order valence-corrected chi connectivity index (χ1v) is 8.46. The molecule has 2 N–H and O–H groups in total. The van der Waals surface area contributed by atoms with Gasteiger partial charge in [-0.2, -0.15) is 0 Å². The molecule has 0 aliphatic rings. The Hall–Kier alpha value is -2.86. The van der Waals surface area contributed by atoms with E-state index in [0.29, 0.717) is 18.0 Å². The second-order valence-corrected chi connectivity index (χ2v) is 5.67. The number of amides is 2. The zero-order valence-electron chi connectivity index (χ0n) is 15.2. The topological polar surface area (TPSA) is 76.7 Å². The zero-order chi connectivity index (χ0) is 18.9. The summed E-state index contributed by atoms with van der Waals surface area (Å²) in [5, 5.41) is 5.19. The van der Waals surface area contributed by atoms with Gasteiger partial charge in [-0.05, 0) is 37.1 Å². The van der Waals surface area contributed by atoms with E-state index in [9.17, 15) is 9.59 Å². The van der Waals surface area contributed by atoms with Gasteiger partial charge in [0.25, 0.3) is 0 Å². The molecule has 2 amide bonds. The molecule has 0 spiro atoms. The van der Waals surface area contributed by atoms with Crippen molar-refractivity contribution in [3.05, 3.63) is 59.7 Å². The van der Waals surface area contributed by atoms with Crippen LogP contribution in [0, 0.1) is 6.92 Å². The zero-order valence-corrected chi connectivity index (χ0v) is 15.2. The molecule has 138 valence electrons. The average Bonchev–Trinajstić information content (AvgIpc) is 2.65. The molecule has 6 nitrogen and oxygen atoms in total. The Bertz CT molecular complexity index is 761. The molecule has 0 fully saturated rings. The van der Waals surface area contributed by atoms with Crippen molar-refractivity contribution >= 4 is 17.5 Å². The fourth-order valence-electron chi connectivity index (χ4n) is 2.56. The Balaban J connectivity index is 1.97. The van der Waals surface area contributed by atoms with Crippen molar-refractivity contribution in [2.24, 2.45) is 0 Å². The number of hydrogen-bond donors (Lipinski definition) is 2. The Morgan fingerprint density at radius 2 is 1.73 bits per heavy atom. The molecule has 2 aromatic carbocycles. The van der Waals surface area contributed by atoms with Crippen LogP contribution in [-0.4, -0.2) is 32.1 Å². The second kappa shape index (κ2) is 9.58. The third-order valence-corrected chi connectivity index (χ3v) is 3.91. The van der Waals surface area contributed by atoms with E-state index >= 15 is 0 Å². The van der Waals surface area contributed by atoms with E-state index in [0.717, 1.165) is 11.1 Å². The van der Waals surface area contributed by atoms with Crippen LogP contribution in [0.3, 0.4) is 0 Å². The first-order valence-electron chi connectivity index (χ1n) is 8.46. The maximum atomic E-state index is 12.2. The van der Waals surface area contributed by atoms with Gasteiger partial charge in [-0.25, -0.2) is 0 Å². The minimum Gasteiger partial charge on any atom is -0.492 e. The minimum atomic E-state index is -0.753. The minimum absolute atomic E-state index is 0.195. The Kier molecular flexibility index (Phi) is 7.17. The van der Waals surface area contributed by atoms with Gasteiger partial charge in [0.05, 0.1) is 18.4 Å². The molecule has 0 heterocycles. The molecule has 2 aromatic rings. The van der Waals surface area contributed by atoms with Crippen LogP contribution in [0.15, 0.2) is 48.5 Å². The number of benzene rings is 2. The van der Waals surface area contributed by atoms with Crippen LogP contribution in [0.5, 0.6) is 5.75 Å². The van der Waals surface area contributed by atoms with Gasteiger partial charge in [0.2, 0.25) is 0 Å². The van der Waals surface area contributed by atoms with Crippen molar-refractivity contribution in [3.63, 3.8) is 0 Å². The molecule has 26 heavy (non-hydrogen) atoms. The molecule has 0 aliphatic carbocycles. The number of hydrogen-bond acceptors (Lipinski definition) is 4. The molecule has 6 heteroatoms. The molecule has 1 atom stereocenters. The summed E-state index contributed by atoms with van der Waals surface area (Å²) in [6, 6.07) is 14.7. The highest BCUT2D eigenvalue weighted by molar-refractivity contribution is 6.39. The van der Waals surface area contributed by atoms with Gasteiger partial charge in [0.1, 0.15) is 5.75 Å². The predicted octanol–water partition coefficient (Wildman–Crippen LogP) is 2.84. The Morgan fingerprint density at radius 1 is 1.04 bits per heavy atom. The third kappa shape index (κ3) is 5.07. The maximum Gasteiger partial charge on any atom is 0.313 e. The summed E-state index contributed by atoms with van der Waals surface area (Å²) in [6.45, 7) is 4.48. The lowest BCUT2D eigenvalue weighted by Crippen LogP contribution is -2.38. The summed E-state index contributed by atoms with van der Waals surface area (Å²) in [7, 11) is 1.57. The number of ether oxygens (including phenoxy) is 2. The summed E-state index contributed by atoms with van der Waals surface area (Å²) in [5.74, 6) is -0.963. The lowest BCUT2D eigenvalue weighted by molar-refractivity contribution is -0.136. The van der Waals surface area contributed by atoms with Gasteiger partial charge >= 0.3 is 11.8 Å². The van der Waals surface area contributed by atoms with Gasteiger partial charge in [-0.15, -0.1) is 0 Å². The summed E-state index contributed by atoms with van der Waals surface area (Å²) < 4.78 is 10.9. The van der Waals surface area contributed by atoms with Gasteiger partial charge < -0.3 is 20.1 Å². The van der Waals surface area contributed by atoms with E-state index in [4.69, 9.17) is 9.47 Å². The van der Waals surface area contributed by atoms with Crippen molar-refractivity contribution in [3.8, 4) is 5.75 Å². The van der Waals surface area contributed by atoms with Gasteiger partial charge in [-0.1, -0.05) is 36.4 Å². The van der Waals surface area contributed by atoms with Crippen LogP contribution in [0.4, 0.5) is 5.69 Å². The van der Waals surface area contributed by atoms with Crippen LogP contribution in [0.25, 0.3) is 0 Å². The number of carbonyl (C=O) groups excluding carboxylic acids is 2. The first-order chi connectivity index (χ1) is 12.6. The normalized spacial score (nSPS) is 11.5. The molecule has 0 bridgehead atoms. The average molecular weight is 356 g/mol. The van der Waals surface area contributed by atoms with Crippen molar-refractivity contribution in [2.75, 3.05) is 25.6 Å². The van der Waals surface area contributed by atoms with E-state index < -0.39 is 11.8 Å². The largest absolute Gasteiger partial charge is 0.492 e. The predicted molar refractivity (Wildman–Crippen MR) is 100 cm³/mol. The molecular weight excluding hydrogens is 332 g/mol. The Labute approximate surface area is 153 Å². The standard InChI is InChI=1S/C20H24N2O4/c1-4-26-17-12-8-7-11-16(17)22-20(24)19(23)21-13-18(25-3)15-10-6-5-9-14(15)2/h5-12,18H,4,13H2,1-3H3,(H,21,23)(H,22,24). The number of anilines is 1. The maximum absolute atomic E-state index is 12.2. The van der Waals surface area contributed by atoms with Gasteiger partial charge in [0, 0.05) is 13.7 Å². The monoisotopic (exact) mass is 356 g/mol. The molecule has 0 aliphatic heterocycles. The number of nitrogens with one attached hydrogen (secondary N) is 2. The van der Waals surface area contributed by atoms with Gasteiger partial charge in [0.15, 0.2) is 0 Å². The molecule has 2 rings (SSSR count). The summed E-state index contributed by atoms with van der Waals surface area (Å²) in [4.78, 5) is 24.3. The number of carbonyl (C=O) groups is 2. The quantitative estimate of drug-likeness (QED) is 0.748. The number of para-hydroxylation sites is 2. The molecule has 1 unspecified atom stereocenters. The second-order valence-electron chi connectivity index (χ2n) is 5.67. The van der Waals surface area contributed by atoms with Crippen LogP contribution < -0.4 is 15.4 Å². The van der Waals surface area contributed by atoms with E-state index in [1.165, 1.54) is 0 Å². The first kappa shape index (κ1) is 19.5. The summed E-state index contributed by atoms with van der Waals surface area (Å²) >= 11 is 0. The van der Waals surface area contributed by atoms with E-state index in [2.05, 4.69) is 10.6 Å². The van der Waals surface area contributed by atoms with E-state index in [1.54, 1.807) is 31.4 Å². The fraction of sp³-hybridized carbons (Fsp3) is 0.300. The van der Waals surface area contributed by atoms with Crippen molar-refractivity contribution in [1.82, 2.24) is 5.32 Å². The van der Waals surface area contributed by atoms with Crippen LogP contribution in [0.2, 0.25) is 0 Å². The van der Waals surface area contributed by atoms with E-state index in [-0.39, 0.29) is 12.6 Å². The highest BCUT2D eigenvalue weighted by atomic mass is 16.5. The lowest BCUT2D eigenvalue weighted by Gasteiger charge is -2.18. The smallest absolute Gasteiger partial charge is 0.313 e. The SMILES string of the molecule is CCOc1ccccc1NC(=O)C(=O)NCC(OC)c1ccccc1C. The van der Waals surface area contributed by atoms with Crippen LogP contribution in [0.1, 0.15) is 24.2 Å². The molecular formula is C20H24N2O4. The highest BCUT2D eigenvalue weighted by Crippen LogP contribution is 2.23. The molecule has 0 radical (unpaired) electrons. The number of rotatable bonds is 7. The van der Waals surface area contributed by atoms with E-state index in [1.807, 2.05) is 38.1 Å². The number of methoxy groups -OCH3 is 1. The van der Waals surface area contributed by atoms with Crippen molar-refractivity contribution < 1.29 is 19.1 Å². The third-order valence-electron chi connectivity index (χ3n) is 3.91. The Morgan fingerprint density at radius 3 is 2.42 bits per heavy atom. The van der Waals surface area contributed by atoms with Gasteiger partial charge in [-0.3, -0.25) is 9.59 Å². The highest BCUT2D eigenvalue weighted by Gasteiger charge is 2.19. The molecule has 0 saturated carbocycles. The lowest BCUT2D eigenvalue weighted by atomic mass is 10.0. The summed E-state index contributed by atoms with van der Waals surface area (Å²) in [5.41, 5.74) is 2.48. The fourth-order valence-corrected chi connectivity index (χ4v) is 2.56. The number of aryl methyl sites for hydroxylation is 1.